The Bertz CT molecular complexity index is 889. The number of rotatable bonds is 8. The molecule has 3 rings (SSSR count). The third-order valence-corrected chi connectivity index (χ3v) is 4.72. The largest absolute Gasteiger partial charge is 0.497 e. The molecule has 0 aliphatic heterocycles. The van der Waals surface area contributed by atoms with Gasteiger partial charge in [-0.05, 0) is 44.2 Å². The average molecular weight is 387 g/mol. The molecule has 0 saturated heterocycles. The summed E-state index contributed by atoms with van der Waals surface area (Å²) in [5.41, 5.74) is 0.716. The maximum atomic E-state index is 12.1. The lowest BCUT2D eigenvalue weighted by Crippen LogP contribution is -2.12. The predicted octanol–water partition coefficient (Wildman–Crippen LogP) is 3.64. The third-order valence-electron chi connectivity index (χ3n) is 3.71. The molecule has 3 aromatic rings. The fraction of sp³-hybridized carbons (Fsp3) is 0.333. The molecule has 142 valence electrons. The number of amides is 1. The van der Waals surface area contributed by atoms with Crippen molar-refractivity contribution < 1.29 is 13.9 Å². The first-order valence-corrected chi connectivity index (χ1v) is 9.49. The van der Waals surface area contributed by atoms with Crippen LogP contribution in [0, 0.1) is 0 Å². The van der Waals surface area contributed by atoms with Gasteiger partial charge in [-0.15, -0.1) is 16.9 Å². The number of hydrogen-bond acceptors (Lipinski definition) is 7. The van der Waals surface area contributed by atoms with E-state index in [1.807, 2.05) is 38.1 Å². The van der Waals surface area contributed by atoms with Gasteiger partial charge in [-0.2, -0.15) is 5.10 Å². The minimum atomic E-state index is -0.177. The van der Waals surface area contributed by atoms with E-state index >= 15 is 0 Å². The molecule has 0 radical (unpaired) electrons. The van der Waals surface area contributed by atoms with E-state index in [4.69, 9.17) is 9.15 Å². The van der Waals surface area contributed by atoms with E-state index in [0.717, 1.165) is 10.6 Å². The van der Waals surface area contributed by atoms with E-state index in [1.165, 1.54) is 0 Å². The van der Waals surface area contributed by atoms with Crippen LogP contribution in [0.25, 0.3) is 11.6 Å². The van der Waals surface area contributed by atoms with Crippen LogP contribution in [0.3, 0.4) is 0 Å². The Morgan fingerprint density at radius 3 is 2.74 bits per heavy atom. The van der Waals surface area contributed by atoms with Gasteiger partial charge in [0.25, 0.3) is 5.89 Å². The van der Waals surface area contributed by atoms with Gasteiger partial charge in [-0.25, -0.2) is 0 Å². The standard InChI is InChI=1S/C18H21N5O3S/c1-12(2)23-15(8-10-19-23)17-21-22-18(26-17)20-16(24)9-11-27-14-6-4-13(25-3)5-7-14/h4-8,10,12H,9,11H2,1-3H3,(H,20,22,24). The molecule has 0 aliphatic rings. The molecule has 1 amide bonds. The van der Waals surface area contributed by atoms with Crippen LogP contribution in [0.4, 0.5) is 6.01 Å². The maximum absolute atomic E-state index is 12.1. The SMILES string of the molecule is COc1ccc(SCCC(=O)Nc2nnc(-c3ccnn3C(C)C)o2)cc1. The Balaban J connectivity index is 1.51. The van der Waals surface area contributed by atoms with E-state index in [9.17, 15) is 4.79 Å². The second-order valence-electron chi connectivity index (χ2n) is 5.99. The van der Waals surface area contributed by atoms with Crippen LogP contribution in [-0.2, 0) is 4.79 Å². The monoisotopic (exact) mass is 387 g/mol. The van der Waals surface area contributed by atoms with Crippen LogP contribution >= 0.6 is 11.8 Å². The lowest BCUT2D eigenvalue weighted by Gasteiger charge is -2.07. The molecular weight excluding hydrogens is 366 g/mol. The Hall–Kier alpha value is -2.81. The van der Waals surface area contributed by atoms with Gasteiger partial charge < -0.3 is 9.15 Å². The van der Waals surface area contributed by atoms with Crippen LogP contribution in [-0.4, -0.2) is 38.7 Å². The summed E-state index contributed by atoms with van der Waals surface area (Å²) in [7, 11) is 1.63. The Labute approximate surface area is 161 Å². The molecule has 1 aromatic carbocycles. The van der Waals surface area contributed by atoms with Crippen LogP contribution in [0.2, 0.25) is 0 Å². The maximum Gasteiger partial charge on any atom is 0.322 e. The molecule has 0 fully saturated rings. The van der Waals surface area contributed by atoms with Crippen LogP contribution in [0.1, 0.15) is 26.3 Å². The molecule has 27 heavy (non-hydrogen) atoms. The van der Waals surface area contributed by atoms with Gasteiger partial charge in [-0.1, -0.05) is 5.10 Å². The van der Waals surface area contributed by atoms with Crippen molar-refractivity contribution in [1.29, 1.82) is 0 Å². The summed E-state index contributed by atoms with van der Waals surface area (Å²) >= 11 is 1.59. The smallest absolute Gasteiger partial charge is 0.322 e. The lowest BCUT2D eigenvalue weighted by atomic mass is 10.3. The zero-order chi connectivity index (χ0) is 19.2. The van der Waals surface area contributed by atoms with Gasteiger partial charge in [-0.3, -0.25) is 14.8 Å². The van der Waals surface area contributed by atoms with Gasteiger partial charge in [0.05, 0.1) is 7.11 Å². The van der Waals surface area contributed by atoms with Crippen LogP contribution in [0.15, 0.2) is 45.8 Å². The molecule has 8 nitrogen and oxygen atoms in total. The van der Waals surface area contributed by atoms with E-state index < -0.39 is 0 Å². The first kappa shape index (κ1) is 19.0. The molecule has 0 atom stereocenters. The van der Waals surface area contributed by atoms with Crippen molar-refractivity contribution in [2.75, 3.05) is 18.2 Å². The highest BCUT2D eigenvalue weighted by Crippen LogP contribution is 2.23. The number of carbonyl (C=O) groups excluding carboxylic acids is 1. The number of nitrogens with one attached hydrogen (secondary N) is 1. The molecule has 0 unspecified atom stereocenters. The van der Waals surface area contributed by atoms with Crippen LogP contribution in [0.5, 0.6) is 5.75 Å². The Morgan fingerprint density at radius 1 is 1.26 bits per heavy atom. The average Bonchev–Trinajstić information content (AvgIpc) is 3.31. The summed E-state index contributed by atoms with van der Waals surface area (Å²) in [4.78, 5) is 13.2. The van der Waals surface area contributed by atoms with E-state index in [1.54, 1.807) is 35.8 Å². The Kier molecular flexibility index (Phi) is 6.12. The molecule has 2 heterocycles. The van der Waals surface area contributed by atoms with Crippen molar-refractivity contribution in [3.63, 3.8) is 0 Å². The third kappa shape index (κ3) is 4.88. The van der Waals surface area contributed by atoms with E-state index in [2.05, 4.69) is 20.6 Å². The highest BCUT2D eigenvalue weighted by molar-refractivity contribution is 7.99. The van der Waals surface area contributed by atoms with E-state index in [0.29, 0.717) is 23.8 Å². The Morgan fingerprint density at radius 2 is 2.04 bits per heavy atom. The van der Waals surface area contributed by atoms with Crippen molar-refractivity contribution in [2.24, 2.45) is 0 Å². The number of thioether (sulfide) groups is 1. The predicted molar refractivity (Wildman–Crippen MR) is 103 cm³/mol. The minimum absolute atomic E-state index is 0.0842. The summed E-state index contributed by atoms with van der Waals surface area (Å²) in [6, 6.07) is 9.75. The number of ether oxygens (including phenoxy) is 1. The number of nitrogens with zero attached hydrogens (tertiary/aromatic N) is 4. The van der Waals surface area contributed by atoms with Gasteiger partial charge in [0.2, 0.25) is 5.91 Å². The highest BCUT2D eigenvalue weighted by atomic mass is 32.2. The highest BCUT2D eigenvalue weighted by Gasteiger charge is 2.16. The van der Waals surface area contributed by atoms with Crippen molar-refractivity contribution in [1.82, 2.24) is 20.0 Å². The fourth-order valence-electron chi connectivity index (χ4n) is 2.39. The molecule has 2 aromatic heterocycles. The number of carbonyl (C=O) groups is 1. The van der Waals surface area contributed by atoms with E-state index in [-0.39, 0.29) is 18.0 Å². The van der Waals surface area contributed by atoms with Gasteiger partial charge >= 0.3 is 6.01 Å². The topological polar surface area (TPSA) is 95.1 Å². The van der Waals surface area contributed by atoms with Gasteiger partial charge in [0.1, 0.15) is 11.4 Å². The van der Waals surface area contributed by atoms with Crippen molar-refractivity contribution in [3.05, 3.63) is 36.5 Å². The number of hydrogen-bond donors (Lipinski definition) is 1. The second kappa shape index (κ2) is 8.72. The summed E-state index contributed by atoms with van der Waals surface area (Å²) < 4.78 is 12.5. The summed E-state index contributed by atoms with van der Waals surface area (Å²) in [5.74, 6) is 1.59. The lowest BCUT2D eigenvalue weighted by molar-refractivity contribution is -0.115. The molecule has 1 N–H and O–H groups in total. The number of anilines is 1. The number of methoxy groups -OCH3 is 1. The minimum Gasteiger partial charge on any atom is -0.497 e. The second-order valence-corrected chi connectivity index (χ2v) is 7.16. The van der Waals surface area contributed by atoms with Crippen molar-refractivity contribution >= 4 is 23.7 Å². The molecule has 0 saturated carbocycles. The summed E-state index contributed by atoms with van der Waals surface area (Å²) in [6.45, 7) is 4.02. The van der Waals surface area contributed by atoms with Crippen molar-refractivity contribution in [3.8, 4) is 17.3 Å². The van der Waals surface area contributed by atoms with Gasteiger partial charge in [0, 0.05) is 29.3 Å². The number of aromatic nitrogens is 4. The first-order chi connectivity index (χ1) is 13.1. The molecule has 0 aliphatic carbocycles. The zero-order valence-electron chi connectivity index (χ0n) is 15.4. The van der Waals surface area contributed by atoms with Crippen LogP contribution < -0.4 is 10.1 Å². The van der Waals surface area contributed by atoms with Gasteiger partial charge in [0.15, 0.2) is 0 Å². The van der Waals surface area contributed by atoms with Crippen molar-refractivity contribution in [2.45, 2.75) is 31.2 Å². The molecule has 9 heteroatoms. The number of benzene rings is 1. The first-order valence-electron chi connectivity index (χ1n) is 8.51. The zero-order valence-corrected chi connectivity index (χ0v) is 16.2. The molecule has 0 spiro atoms. The molecular formula is C18H21N5O3S. The fourth-order valence-corrected chi connectivity index (χ4v) is 3.24. The normalized spacial score (nSPS) is 11.0. The molecule has 0 bridgehead atoms. The summed E-state index contributed by atoms with van der Waals surface area (Å²) in [5, 5.41) is 14.7. The summed E-state index contributed by atoms with van der Waals surface area (Å²) in [6.07, 6.45) is 2.01. The quantitative estimate of drug-likeness (QED) is 0.590.